The number of hydrogen-bond acceptors (Lipinski definition) is 3. The largest absolute Gasteiger partial charge is 0.327 e. The van der Waals surface area contributed by atoms with E-state index >= 15 is 0 Å². The molecular weight excluding hydrogens is 283 g/mol. The zero-order chi connectivity index (χ0) is 15.6. The second-order valence-electron chi connectivity index (χ2n) is 5.88. The zero-order valence-electron chi connectivity index (χ0n) is 13.8. The van der Waals surface area contributed by atoms with Crippen LogP contribution >= 0.6 is 8.69 Å². The van der Waals surface area contributed by atoms with Crippen molar-refractivity contribution in [3.05, 3.63) is 0 Å². The van der Waals surface area contributed by atoms with E-state index in [1.54, 1.807) is 0 Å². The molecule has 0 aliphatic carbocycles. The van der Waals surface area contributed by atoms with E-state index < -0.39 is 8.69 Å². The van der Waals surface area contributed by atoms with E-state index in [0.717, 1.165) is 12.8 Å². The van der Waals surface area contributed by atoms with Crippen LogP contribution in [-0.4, -0.2) is 12.4 Å². The van der Waals surface area contributed by atoms with Crippen LogP contribution in [0.5, 0.6) is 0 Å². The maximum Gasteiger partial charge on any atom is 0.327 e. The lowest BCUT2D eigenvalue weighted by Crippen LogP contribution is -2.03. The van der Waals surface area contributed by atoms with Gasteiger partial charge in [-0.3, -0.25) is 9.32 Å². The molecule has 0 unspecified atom stereocenters. The quantitative estimate of drug-likeness (QED) is 0.235. The molecule has 0 radical (unpaired) electrons. The van der Waals surface area contributed by atoms with Crippen molar-refractivity contribution >= 4 is 14.5 Å². The number of unbranched alkanes of at least 4 members (excludes halogenated alkanes) is 12. The van der Waals surface area contributed by atoms with Gasteiger partial charge in [-0.1, -0.05) is 84.0 Å². The molecule has 0 atom stereocenters. The minimum atomic E-state index is -0.398. The second kappa shape index (κ2) is 17.8. The van der Waals surface area contributed by atoms with E-state index in [1.165, 1.54) is 70.6 Å². The molecule has 0 aromatic carbocycles. The van der Waals surface area contributed by atoms with Crippen LogP contribution in [0.4, 0.5) is 0 Å². The minimum absolute atomic E-state index is 0.0106. The second-order valence-corrected chi connectivity index (χ2v) is 6.29. The van der Waals surface area contributed by atoms with Gasteiger partial charge in [0, 0.05) is 6.42 Å². The van der Waals surface area contributed by atoms with E-state index in [2.05, 4.69) is 11.4 Å². The maximum absolute atomic E-state index is 11.2. The maximum atomic E-state index is 11.2. The Morgan fingerprint density at radius 1 is 0.762 bits per heavy atom. The molecule has 3 nitrogen and oxygen atoms in total. The average molecular weight is 316 g/mol. The summed E-state index contributed by atoms with van der Waals surface area (Å²) in [4.78, 5) is 11.2. The highest BCUT2D eigenvalue weighted by Crippen LogP contribution is 2.13. The fraction of sp³-hybridized carbons (Fsp3) is 0.941. The summed E-state index contributed by atoms with van der Waals surface area (Å²) in [6.45, 7) is 2.25. The van der Waals surface area contributed by atoms with Crippen LogP contribution in [0.1, 0.15) is 96.8 Å². The molecule has 0 aliphatic heterocycles. The summed E-state index contributed by atoms with van der Waals surface area (Å²) in [6, 6.07) is 0. The molecule has 124 valence electrons. The number of Topliss-reactive ketones (excluding diaryl/α,β-unsaturated/α-hetero) is 1. The summed E-state index contributed by atoms with van der Waals surface area (Å²) in [7, 11) is -0.398. The van der Waals surface area contributed by atoms with Gasteiger partial charge in [-0.25, -0.2) is 4.57 Å². The standard InChI is InChI=1S/C17H33O3P/c1-2-3-4-5-6-7-8-9-10-11-12-13-14-15-17(18)16-20-21-19/h2-16H2,1H3. The summed E-state index contributed by atoms with van der Waals surface area (Å²) < 4.78 is 14.5. The van der Waals surface area contributed by atoms with Crippen LogP contribution in [0.15, 0.2) is 0 Å². The molecule has 4 heteroatoms. The molecule has 0 saturated heterocycles. The van der Waals surface area contributed by atoms with Gasteiger partial charge in [-0.2, -0.15) is 0 Å². The monoisotopic (exact) mass is 316 g/mol. The molecule has 0 spiro atoms. The van der Waals surface area contributed by atoms with E-state index in [9.17, 15) is 9.36 Å². The average Bonchev–Trinajstić information content (AvgIpc) is 2.49. The number of carbonyl (C=O) groups excluding carboxylic acids is 1. The number of carbonyl (C=O) groups is 1. The Bertz CT molecular complexity index is 244. The number of hydrogen-bond donors (Lipinski definition) is 0. The van der Waals surface area contributed by atoms with E-state index in [-0.39, 0.29) is 12.4 Å². The molecule has 0 amide bonds. The predicted octanol–water partition coefficient (Wildman–Crippen LogP) is 6.26. The first-order valence-electron chi connectivity index (χ1n) is 8.77. The van der Waals surface area contributed by atoms with Crippen molar-refractivity contribution in [3.63, 3.8) is 0 Å². The molecule has 0 rings (SSSR count). The predicted molar refractivity (Wildman–Crippen MR) is 88.9 cm³/mol. The highest BCUT2D eigenvalue weighted by molar-refractivity contribution is 7.17. The lowest BCUT2D eigenvalue weighted by Gasteiger charge is -2.03. The summed E-state index contributed by atoms with van der Waals surface area (Å²) in [5.41, 5.74) is 0. The van der Waals surface area contributed by atoms with Crippen LogP contribution in [0.25, 0.3) is 0 Å². The van der Waals surface area contributed by atoms with Crippen molar-refractivity contribution < 1.29 is 13.9 Å². The van der Waals surface area contributed by atoms with E-state index in [1.807, 2.05) is 0 Å². The van der Waals surface area contributed by atoms with Gasteiger partial charge >= 0.3 is 8.69 Å². The molecule has 0 aromatic heterocycles. The van der Waals surface area contributed by atoms with Crippen LogP contribution in [0, 0.1) is 0 Å². The van der Waals surface area contributed by atoms with E-state index in [0.29, 0.717) is 6.42 Å². The molecule has 0 fully saturated rings. The van der Waals surface area contributed by atoms with Crippen molar-refractivity contribution in [2.75, 3.05) is 6.61 Å². The first-order valence-corrected chi connectivity index (χ1v) is 9.50. The molecular formula is C17H33O3P. The summed E-state index contributed by atoms with van der Waals surface area (Å²) in [5.74, 6) is 0.0569. The Kier molecular flexibility index (Phi) is 17.6. The number of rotatable bonds is 17. The molecule has 0 N–H and O–H groups in total. The van der Waals surface area contributed by atoms with Gasteiger partial charge in [-0.15, -0.1) is 0 Å². The Balaban J connectivity index is 3.05. The fourth-order valence-electron chi connectivity index (χ4n) is 2.51. The van der Waals surface area contributed by atoms with Crippen molar-refractivity contribution in [2.45, 2.75) is 96.8 Å². The smallest absolute Gasteiger partial charge is 0.297 e. The van der Waals surface area contributed by atoms with Gasteiger partial charge < -0.3 is 0 Å². The fourth-order valence-corrected chi connectivity index (χ4v) is 2.71. The first-order chi connectivity index (χ1) is 10.3. The normalized spacial score (nSPS) is 11.1. The van der Waals surface area contributed by atoms with Gasteiger partial charge in [0.1, 0.15) is 6.61 Å². The minimum Gasteiger partial charge on any atom is -0.297 e. The Hall–Kier alpha value is -0.270. The third-order valence-corrected chi connectivity index (χ3v) is 4.07. The first kappa shape index (κ1) is 20.7. The van der Waals surface area contributed by atoms with Gasteiger partial charge in [-0.05, 0) is 6.42 Å². The third-order valence-electron chi connectivity index (χ3n) is 3.84. The lowest BCUT2D eigenvalue weighted by molar-refractivity contribution is -0.120. The van der Waals surface area contributed by atoms with Gasteiger partial charge in [0.15, 0.2) is 5.78 Å². The summed E-state index contributed by atoms with van der Waals surface area (Å²) in [5, 5.41) is 0. The van der Waals surface area contributed by atoms with Gasteiger partial charge in [0.2, 0.25) is 0 Å². The summed E-state index contributed by atoms with van der Waals surface area (Å²) >= 11 is 0. The molecule has 0 heterocycles. The molecule has 0 bridgehead atoms. The van der Waals surface area contributed by atoms with Crippen LogP contribution in [0.3, 0.4) is 0 Å². The topological polar surface area (TPSA) is 43.4 Å². The lowest BCUT2D eigenvalue weighted by atomic mass is 10.0. The molecule has 0 aromatic rings. The zero-order valence-corrected chi connectivity index (χ0v) is 14.7. The third kappa shape index (κ3) is 17.7. The SMILES string of the molecule is CCCCCCCCCCCCCCCC(=O)COP=O. The Morgan fingerprint density at radius 2 is 1.19 bits per heavy atom. The highest BCUT2D eigenvalue weighted by atomic mass is 31.1. The van der Waals surface area contributed by atoms with Crippen molar-refractivity contribution in [2.24, 2.45) is 0 Å². The molecule has 21 heavy (non-hydrogen) atoms. The Labute approximate surface area is 132 Å². The van der Waals surface area contributed by atoms with E-state index in [4.69, 9.17) is 0 Å². The van der Waals surface area contributed by atoms with Crippen molar-refractivity contribution in [1.29, 1.82) is 0 Å². The van der Waals surface area contributed by atoms with Gasteiger partial charge in [0.05, 0.1) is 0 Å². The van der Waals surface area contributed by atoms with Crippen LogP contribution in [-0.2, 0) is 13.9 Å². The van der Waals surface area contributed by atoms with Crippen LogP contribution in [0.2, 0.25) is 0 Å². The Morgan fingerprint density at radius 3 is 1.62 bits per heavy atom. The van der Waals surface area contributed by atoms with Gasteiger partial charge in [0.25, 0.3) is 0 Å². The summed E-state index contributed by atoms with van der Waals surface area (Å²) in [6.07, 6.45) is 17.6. The van der Waals surface area contributed by atoms with Crippen LogP contribution < -0.4 is 0 Å². The molecule has 0 saturated carbocycles. The number of ketones is 1. The van der Waals surface area contributed by atoms with Crippen molar-refractivity contribution in [1.82, 2.24) is 0 Å². The highest BCUT2D eigenvalue weighted by Gasteiger charge is 2.01. The van der Waals surface area contributed by atoms with Crippen molar-refractivity contribution in [3.8, 4) is 0 Å². The molecule has 0 aliphatic rings.